The standard InChI is InChI=1S/C18H24F3N3O2/c19-18(20,21)13-4-3-5-14(12-13)22-17(26)24-10-8-23(9-11-24)15-6-1-2-7-16(15)25/h3-5,12,15-16,25H,1-2,6-11H2,(H,22,26)/t15-,16-/m0/s1. The van der Waals surface area contributed by atoms with Crippen LogP contribution in [0.1, 0.15) is 31.2 Å². The monoisotopic (exact) mass is 371 g/mol. The van der Waals surface area contributed by atoms with Crippen molar-refractivity contribution in [3.05, 3.63) is 29.8 Å². The van der Waals surface area contributed by atoms with Gasteiger partial charge in [0, 0.05) is 37.9 Å². The minimum atomic E-state index is -4.44. The number of anilines is 1. The highest BCUT2D eigenvalue weighted by atomic mass is 19.4. The van der Waals surface area contributed by atoms with Crippen molar-refractivity contribution in [1.29, 1.82) is 0 Å². The molecule has 2 atom stereocenters. The van der Waals surface area contributed by atoms with Crippen molar-refractivity contribution in [2.45, 2.75) is 44.0 Å². The number of urea groups is 1. The zero-order valence-corrected chi connectivity index (χ0v) is 14.5. The van der Waals surface area contributed by atoms with E-state index in [2.05, 4.69) is 10.2 Å². The smallest absolute Gasteiger partial charge is 0.391 e. The predicted octanol–water partition coefficient (Wildman–Crippen LogP) is 3.16. The maximum absolute atomic E-state index is 12.8. The zero-order valence-electron chi connectivity index (χ0n) is 14.5. The number of piperazine rings is 1. The molecule has 2 amide bonds. The fourth-order valence-electron chi connectivity index (χ4n) is 3.75. The SMILES string of the molecule is O=C(Nc1cccc(C(F)(F)F)c1)N1CCN([C@H]2CCCC[C@@H]2O)CC1. The van der Waals surface area contributed by atoms with Gasteiger partial charge in [0.15, 0.2) is 0 Å². The van der Waals surface area contributed by atoms with E-state index in [4.69, 9.17) is 0 Å². The van der Waals surface area contributed by atoms with E-state index >= 15 is 0 Å². The molecule has 1 aromatic rings. The number of benzene rings is 1. The second-order valence-corrected chi connectivity index (χ2v) is 6.95. The molecule has 1 saturated carbocycles. The molecule has 0 spiro atoms. The lowest BCUT2D eigenvalue weighted by atomic mass is 9.91. The van der Waals surface area contributed by atoms with E-state index in [1.54, 1.807) is 4.90 Å². The Kier molecular flexibility index (Phi) is 5.72. The number of hydrogen-bond acceptors (Lipinski definition) is 3. The normalized spacial score (nSPS) is 25.2. The lowest BCUT2D eigenvalue weighted by Gasteiger charge is -2.42. The van der Waals surface area contributed by atoms with Gasteiger partial charge in [-0.05, 0) is 31.0 Å². The molecular weight excluding hydrogens is 347 g/mol. The molecule has 2 aliphatic rings. The molecule has 8 heteroatoms. The van der Waals surface area contributed by atoms with E-state index in [-0.39, 0.29) is 17.8 Å². The summed E-state index contributed by atoms with van der Waals surface area (Å²) in [5, 5.41) is 12.7. The third kappa shape index (κ3) is 4.48. The van der Waals surface area contributed by atoms with Gasteiger partial charge < -0.3 is 15.3 Å². The average Bonchev–Trinajstić information content (AvgIpc) is 2.62. The zero-order chi connectivity index (χ0) is 18.7. The van der Waals surface area contributed by atoms with Crippen LogP contribution in [-0.2, 0) is 6.18 Å². The summed E-state index contributed by atoms with van der Waals surface area (Å²) in [6, 6.07) is 4.39. The van der Waals surface area contributed by atoms with Crippen LogP contribution in [-0.4, -0.2) is 59.3 Å². The summed E-state index contributed by atoms with van der Waals surface area (Å²) in [5.74, 6) is 0. The molecule has 1 heterocycles. The van der Waals surface area contributed by atoms with Gasteiger partial charge in [-0.25, -0.2) is 4.79 Å². The van der Waals surface area contributed by atoms with Crippen LogP contribution in [0.4, 0.5) is 23.7 Å². The van der Waals surface area contributed by atoms with E-state index in [0.29, 0.717) is 26.2 Å². The van der Waals surface area contributed by atoms with Crippen molar-refractivity contribution in [3.63, 3.8) is 0 Å². The number of alkyl halides is 3. The van der Waals surface area contributed by atoms with Gasteiger partial charge in [-0.15, -0.1) is 0 Å². The Morgan fingerprint density at radius 3 is 2.46 bits per heavy atom. The number of hydrogen-bond donors (Lipinski definition) is 2. The highest BCUT2D eigenvalue weighted by molar-refractivity contribution is 5.89. The highest BCUT2D eigenvalue weighted by Crippen LogP contribution is 2.30. The van der Waals surface area contributed by atoms with Crippen molar-refractivity contribution in [2.75, 3.05) is 31.5 Å². The van der Waals surface area contributed by atoms with Gasteiger partial charge >= 0.3 is 12.2 Å². The molecule has 2 N–H and O–H groups in total. The Balaban J connectivity index is 1.54. The average molecular weight is 371 g/mol. The molecule has 2 fully saturated rings. The van der Waals surface area contributed by atoms with Crippen LogP contribution in [0.15, 0.2) is 24.3 Å². The molecule has 0 bridgehead atoms. The largest absolute Gasteiger partial charge is 0.416 e. The van der Waals surface area contributed by atoms with Crippen LogP contribution >= 0.6 is 0 Å². The number of carbonyl (C=O) groups excluding carboxylic acids is 1. The van der Waals surface area contributed by atoms with Crippen LogP contribution in [0.25, 0.3) is 0 Å². The Morgan fingerprint density at radius 1 is 1.12 bits per heavy atom. The van der Waals surface area contributed by atoms with Gasteiger partial charge in [-0.2, -0.15) is 13.2 Å². The van der Waals surface area contributed by atoms with E-state index in [9.17, 15) is 23.1 Å². The van der Waals surface area contributed by atoms with Gasteiger partial charge in [0.2, 0.25) is 0 Å². The first kappa shape index (κ1) is 19.0. The molecule has 144 valence electrons. The van der Waals surface area contributed by atoms with Crippen molar-refractivity contribution >= 4 is 11.7 Å². The number of aliphatic hydroxyl groups excluding tert-OH is 1. The number of nitrogens with zero attached hydrogens (tertiary/aromatic N) is 2. The minimum absolute atomic E-state index is 0.134. The first-order valence-electron chi connectivity index (χ1n) is 9.00. The van der Waals surface area contributed by atoms with Crippen LogP contribution in [0.2, 0.25) is 0 Å². The number of halogens is 3. The van der Waals surface area contributed by atoms with Crippen molar-refractivity contribution < 1.29 is 23.1 Å². The van der Waals surface area contributed by atoms with Gasteiger partial charge in [-0.3, -0.25) is 4.90 Å². The molecule has 0 unspecified atom stereocenters. The molecule has 1 aromatic carbocycles. The maximum Gasteiger partial charge on any atom is 0.416 e. The lowest BCUT2D eigenvalue weighted by Crippen LogP contribution is -2.56. The summed E-state index contributed by atoms with van der Waals surface area (Å²) < 4.78 is 38.3. The van der Waals surface area contributed by atoms with Gasteiger partial charge in [0.1, 0.15) is 0 Å². The van der Waals surface area contributed by atoms with Crippen LogP contribution < -0.4 is 5.32 Å². The molecule has 0 radical (unpaired) electrons. The fourth-order valence-corrected chi connectivity index (χ4v) is 3.75. The minimum Gasteiger partial charge on any atom is -0.391 e. The first-order chi connectivity index (χ1) is 12.3. The fraction of sp³-hybridized carbons (Fsp3) is 0.611. The number of carbonyl (C=O) groups is 1. The van der Waals surface area contributed by atoms with Gasteiger partial charge in [0.25, 0.3) is 0 Å². The van der Waals surface area contributed by atoms with E-state index < -0.39 is 17.8 Å². The maximum atomic E-state index is 12.8. The molecule has 1 aliphatic carbocycles. The molecule has 1 aliphatic heterocycles. The molecule has 0 aromatic heterocycles. The first-order valence-corrected chi connectivity index (χ1v) is 9.00. The second-order valence-electron chi connectivity index (χ2n) is 6.95. The summed E-state index contributed by atoms with van der Waals surface area (Å²) in [4.78, 5) is 16.2. The Hall–Kier alpha value is -1.80. The number of nitrogens with one attached hydrogen (secondary N) is 1. The Bertz CT molecular complexity index is 630. The van der Waals surface area contributed by atoms with Crippen LogP contribution in [0.3, 0.4) is 0 Å². The van der Waals surface area contributed by atoms with Gasteiger partial charge in [-0.1, -0.05) is 18.9 Å². The van der Waals surface area contributed by atoms with Crippen molar-refractivity contribution in [1.82, 2.24) is 9.80 Å². The molecule has 1 saturated heterocycles. The lowest BCUT2D eigenvalue weighted by molar-refractivity contribution is -0.137. The van der Waals surface area contributed by atoms with E-state index in [0.717, 1.165) is 37.8 Å². The summed E-state index contributed by atoms with van der Waals surface area (Å²) in [5.41, 5.74) is -0.652. The number of aliphatic hydroxyl groups is 1. The topological polar surface area (TPSA) is 55.8 Å². The Labute approximate surface area is 150 Å². The molecule has 26 heavy (non-hydrogen) atoms. The van der Waals surface area contributed by atoms with E-state index in [1.807, 2.05) is 0 Å². The third-order valence-electron chi connectivity index (χ3n) is 5.21. The second kappa shape index (κ2) is 7.84. The van der Waals surface area contributed by atoms with Crippen molar-refractivity contribution in [2.24, 2.45) is 0 Å². The van der Waals surface area contributed by atoms with Gasteiger partial charge in [0.05, 0.1) is 11.7 Å². The number of amides is 2. The Morgan fingerprint density at radius 2 is 1.81 bits per heavy atom. The van der Waals surface area contributed by atoms with Crippen LogP contribution in [0, 0.1) is 0 Å². The highest BCUT2D eigenvalue weighted by Gasteiger charge is 2.33. The van der Waals surface area contributed by atoms with Crippen LogP contribution in [0.5, 0.6) is 0 Å². The molecular formula is C18H24F3N3O2. The number of rotatable bonds is 2. The third-order valence-corrected chi connectivity index (χ3v) is 5.21. The van der Waals surface area contributed by atoms with Crippen molar-refractivity contribution in [3.8, 4) is 0 Å². The quantitative estimate of drug-likeness (QED) is 0.840. The summed E-state index contributed by atoms with van der Waals surface area (Å²) >= 11 is 0. The summed E-state index contributed by atoms with van der Waals surface area (Å²) in [6.07, 6.45) is -0.796. The molecule has 3 rings (SSSR count). The summed E-state index contributed by atoms with van der Waals surface area (Å²) in [6.45, 7) is 2.32. The predicted molar refractivity (Wildman–Crippen MR) is 91.9 cm³/mol. The van der Waals surface area contributed by atoms with E-state index in [1.165, 1.54) is 12.1 Å². The molecule has 5 nitrogen and oxygen atoms in total. The summed E-state index contributed by atoms with van der Waals surface area (Å²) in [7, 11) is 0.